The summed E-state index contributed by atoms with van der Waals surface area (Å²) in [6.07, 6.45) is 1.82. The lowest BCUT2D eigenvalue weighted by Crippen LogP contribution is -2.14. The van der Waals surface area contributed by atoms with Crippen molar-refractivity contribution in [2.45, 2.75) is 39.3 Å². The van der Waals surface area contributed by atoms with Crippen molar-refractivity contribution >= 4 is 0 Å². The van der Waals surface area contributed by atoms with Gasteiger partial charge in [0.15, 0.2) is 12.4 Å². The number of hydrogen-bond acceptors (Lipinski definition) is 5. The van der Waals surface area contributed by atoms with Crippen LogP contribution in [0.4, 0.5) is 0 Å². The molecule has 0 bridgehead atoms. The molecule has 1 aromatic carbocycles. The first-order chi connectivity index (χ1) is 9.76. The first-order valence-electron chi connectivity index (χ1n) is 6.98. The molecule has 0 fully saturated rings. The molecule has 20 heavy (non-hydrogen) atoms. The molecule has 1 unspecified atom stereocenters. The van der Waals surface area contributed by atoms with Crippen molar-refractivity contribution < 1.29 is 9.26 Å². The monoisotopic (exact) mass is 275 g/mol. The summed E-state index contributed by atoms with van der Waals surface area (Å²) < 4.78 is 10.7. The van der Waals surface area contributed by atoms with Gasteiger partial charge in [-0.05, 0) is 31.2 Å². The molecule has 0 amide bonds. The third-order valence-electron chi connectivity index (χ3n) is 3.23. The van der Waals surface area contributed by atoms with Gasteiger partial charge in [0.1, 0.15) is 5.75 Å². The van der Waals surface area contributed by atoms with Crippen LogP contribution in [0.1, 0.15) is 43.6 Å². The van der Waals surface area contributed by atoms with E-state index in [4.69, 9.17) is 9.26 Å². The molecule has 0 saturated carbocycles. The lowest BCUT2D eigenvalue weighted by atomic mass is 10.1. The molecule has 1 N–H and O–H groups in total. The van der Waals surface area contributed by atoms with Crippen LogP contribution in [0.25, 0.3) is 0 Å². The maximum absolute atomic E-state index is 5.64. The fraction of sp³-hybridized carbons (Fsp3) is 0.467. The zero-order chi connectivity index (χ0) is 14.4. The van der Waals surface area contributed by atoms with Crippen molar-refractivity contribution in [2.75, 3.05) is 7.05 Å². The maximum Gasteiger partial charge on any atom is 0.264 e. The molecule has 1 aromatic heterocycles. The molecule has 2 aromatic rings. The van der Waals surface area contributed by atoms with E-state index < -0.39 is 0 Å². The number of rotatable bonds is 7. The van der Waals surface area contributed by atoms with E-state index in [1.54, 1.807) is 0 Å². The molecule has 0 aliphatic heterocycles. The van der Waals surface area contributed by atoms with E-state index in [-0.39, 0.29) is 0 Å². The minimum Gasteiger partial charge on any atom is -0.484 e. The van der Waals surface area contributed by atoms with Gasteiger partial charge >= 0.3 is 0 Å². The summed E-state index contributed by atoms with van der Waals surface area (Å²) in [5.74, 6) is 2.02. The summed E-state index contributed by atoms with van der Waals surface area (Å²) in [5.41, 5.74) is 1.26. The van der Waals surface area contributed by atoms with Crippen LogP contribution in [0.2, 0.25) is 0 Å². The molecule has 2 rings (SSSR count). The topological polar surface area (TPSA) is 60.2 Å². The summed E-state index contributed by atoms with van der Waals surface area (Å²) in [4.78, 5) is 4.20. The van der Waals surface area contributed by atoms with Gasteiger partial charge in [-0.15, -0.1) is 0 Å². The second kappa shape index (κ2) is 7.05. The van der Waals surface area contributed by atoms with Crippen molar-refractivity contribution in [1.29, 1.82) is 0 Å². The van der Waals surface area contributed by atoms with Gasteiger partial charge in [-0.2, -0.15) is 4.98 Å². The minimum atomic E-state index is 0.301. The van der Waals surface area contributed by atoms with Gasteiger partial charge in [-0.25, -0.2) is 0 Å². The predicted molar refractivity (Wildman–Crippen MR) is 76.5 cm³/mol. The van der Waals surface area contributed by atoms with Crippen LogP contribution >= 0.6 is 0 Å². The van der Waals surface area contributed by atoms with Crippen molar-refractivity contribution in [3.63, 3.8) is 0 Å². The Morgan fingerprint density at radius 2 is 2.00 bits per heavy atom. The maximum atomic E-state index is 5.64. The summed E-state index contributed by atoms with van der Waals surface area (Å²) in [5, 5.41) is 7.11. The van der Waals surface area contributed by atoms with Gasteiger partial charge in [-0.3, -0.25) is 0 Å². The van der Waals surface area contributed by atoms with Crippen molar-refractivity contribution in [3.8, 4) is 5.75 Å². The third-order valence-corrected chi connectivity index (χ3v) is 3.23. The van der Waals surface area contributed by atoms with Crippen LogP contribution < -0.4 is 10.1 Å². The second-order valence-corrected chi connectivity index (χ2v) is 4.57. The van der Waals surface area contributed by atoms with Gasteiger partial charge in [0.2, 0.25) is 0 Å². The molecule has 1 heterocycles. The zero-order valence-corrected chi connectivity index (χ0v) is 12.2. The lowest BCUT2D eigenvalue weighted by molar-refractivity contribution is 0.242. The molecule has 0 aliphatic rings. The van der Waals surface area contributed by atoms with Crippen LogP contribution in [0.5, 0.6) is 5.75 Å². The summed E-state index contributed by atoms with van der Waals surface area (Å²) in [6.45, 7) is 4.45. The first kappa shape index (κ1) is 14.5. The normalized spacial score (nSPS) is 12.3. The van der Waals surface area contributed by atoms with E-state index in [9.17, 15) is 0 Å². The van der Waals surface area contributed by atoms with Crippen LogP contribution in [0, 0.1) is 0 Å². The molecule has 5 nitrogen and oxygen atoms in total. The van der Waals surface area contributed by atoms with Crippen LogP contribution in [-0.4, -0.2) is 17.2 Å². The quantitative estimate of drug-likeness (QED) is 0.842. The van der Waals surface area contributed by atoms with E-state index in [2.05, 4.69) is 34.5 Å². The average Bonchev–Trinajstić information content (AvgIpc) is 2.96. The molecule has 108 valence electrons. The average molecular weight is 275 g/mol. The Morgan fingerprint density at radius 1 is 1.25 bits per heavy atom. The summed E-state index contributed by atoms with van der Waals surface area (Å²) in [7, 11) is 1.97. The Kier molecular flexibility index (Phi) is 5.12. The van der Waals surface area contributed by atoms with Gasteiger partial charge < -0.3 is 14.6 Å². The number of benzene rings is 1. The van der Waals surface area contributed by atoms with E-state index in [1.165, 1.54) is 5.56 Å². The smallest absolute Gasteiger partial charge is 0.264 e. The molecule has 0 aliphatic carbocycles. The Hall–Kier alpha value is -1.88. The number of ether oxygens (including phenoxy) is 1. The zero-order valence-electron chi connectivity index (χ0n) is 12.2. The molecular formula is C15H21N3O2. The highest BCUT2D eigenvalue weighted by Gasteiger charge is 2.08. The second-order valence-electron chi connectivity index (χ2n) is 4.57. The largest absolute Gasteiger partial charge is 0.484 e. The molecule has 1 atom stereocenters. The minimum absolute atomic E-state index is 0.301. The highest BCUT2D eigenvalue weighted by Crippen LogP contribution is 2.20. The van der Waals surface area contributed by atoms with Crippen molar-refractivity contribution in [1.82, 2.24) is 15.5 Å². The number of aromatic nitrogens is 2. The Morgan fingerprint density at radius 3 is 2.55 bits per heavy atom. The van der Waals surface area contributed by atoms with Gasteiger partial charge in [0.25, 0.3) is 5.89 Å². The number of nitrogens with zero attached hydrogens (tertiary/aromatic N) is 2. The fourth-order valence-corrected chi connectivity index (χ4v) is 2.04. The van der Waals surface area contributed by atoms with Gasteiger partial charge in [-0.1, -0.05) is 31.1 Å². The van der Waals surface area contributed by atoms with E-state index in [0.29, 0.717) is 24.4 Å². The summed E-state index contributed by atoms with van der Waals surface area (Å²) >= 11 is 0. The SMILES string of the molecule is CCc1noc(COc2ccc(C(CC)NC)cc2)n1. The predicted octanol–water partition coefficient (Wildman–Crippen LogP) is 2.88. The van der Waals surface area contributed by atoms with Crippen LogP contribution in [-0.2, 0) is 13.0 Å². The third kappa shape index (κ3) is 3.57. The standard InChI is InChI=1S/C15H21N3O2/c1-4-13(16-3)11-6-8-12(9-7-11)19-10-15-17-14(5-2)18-20-15/h6-9,13,16H,4-5,10H2,1-3H3. The number of hydrogen-bond donors (Lipinski definition) is 1. The summed E-state index contributed by atoms with van der Waals surface area (Å²) in [6, 6.07) is 8.46. The van der Waals surface area contributed by atoms with E-state index in [0.717, 1.165) is 18.6 Å². The fourth-order valence-electron chi connectivity index (χ4n) is 2.04. The Bertz CT molecular complexity index is 518. The number of nitrogens with one attached hydrogen (secondary N) is 1. The van der Waals surface area contributed by atoms with E-state index >= 15 is 0 Å². The highest BCUT2D eigenvalue weighted by atomic mass is 16.5. The Balaban J connectivity index is 1.93. The highest BCUT2D eigenvalue weighted by molar-refractivity contribution is 5.29. The van der Waals surface area contributed by atoms with Crippen molar-refractivity contribution in [3.05, 3.63) is 41.5 Å². The van der Waals surface area contributed by atoms with Crippen molar-refractivity contribution in [2.24, 2.45) is 0 Å². The lowest BCUT2D eigenvalue weighted by Gasteiger charge is -2.14. The Labute approximate surface area is 119 Å². The van der Waals surface area contributed by atoms with Gasteiger partial charge in [0.05, 0.1) is 0 Å². The molecular weight excluding hydrogens is 254 g/mol. The van der Waals surface area contributed by atoms with Crippen LogP contribution in [0.3, 0.4) is 0 Å². The molecule has 0 saturated heterocycles. The number of aryl methyl sites for hydroxylation is 1. The first-order valence-corrected chi connectivity index (χ1v) is 6.98. The van der Waals surface area contributed by atoms with Crippen LogP contribution in [0.15, 0.2) is 28.8 Å². The van der Waals surface area contributed by atoms with Gasteiger partial charge in [0, 0.05) is 12.5 Å². The molecule has 0 radical (unpaired) electrons. The molecule has 5 heteroatoms. The van der Waals surface area contributed by atoms with E-state index in [1.807, 2.05) is 26.1 Å². The molecule has 0 spiro atoms.